The smallest absolute Gasteiger partial charge is 0.230 e. The van der Waals surface area contributed by atoms with Crippen LogP contribution in [0.25, 0.3) is 33.7 Å². The summed E-state index contributed by atoms with van der Waals surface area (Å²) in [5.41, 5.74) is 3.19. The zero-order chi connectivity index (χ0) is 20.2. The molecule has 0 amide bonds. The van der Waals surface area contributed by atoms with E-state index >= 15 is 0 Å². The van der Waals surface area contributed by atoms with Gasteiger partial charge in [-0.2, -0.15) is 0 Å². The van der Waals surface area contributed by atoms with E-state index in [4.69, 9.17) is 20.8 Å². The van der Waals surface area contributed by atoms with Crippen molar-refractivity contribution in [1.29, 1.82) is 0 Å². The van der Waals surface area contributed by atoms with Gasteiger partial charge in [0.15, 0.2) is 5.58 Å². The summed E-state index contributed by atoms with van der Waals surface area (Å²) in [4.78, 5) is 4.35. The highest BCUT2D eigenvalue weighted by molar-refractivity contribution is 6.31. The van der Waals surface area contributed by atoms with Crippen molar-refractivity contribution in [2.45, 2.75) is 26.2 Å². The molecule has 0 spiro atoms. The maximum absolute atomic E-state index is 14.8. The van der Waals surface area contributed by atoms with Gasteiger partial charge in [0.05, 0.1) is 12.2 Å². The fourth-order valence-electron chi connectivity index (χ4n) is 3.17. The minimum atomic E-state index is -0.389. The largest absolute Gasteiger partial charge is 0.494 e. The average molecular weight is 410 g/mol. The van der Waals surface area contributed by atoms with Gasteiger partial charge in [0.2, 0.25) is 5.89 Å². The van der Waals surface area contributed by atoms with Crippen LogP contribution in [0.5, 0.6) is 5.75 Å². The lowest BCUT2D eigenvalue weighted by Gasteiger charge is -2.08. The van der Waals surface area contributed by atoms with E-state index in [1.54, 1.807) is 24.3 Å². The zero-order valence-electron chi connectivity index (χ0n) is 16.1. The zero-order valence-corrected chi connectivity index (χ0v) is 16.9. The summed E-state index contributed by atoms with van der Waals surface area (Å²) in [6.45, 7) is 2.88. The van der Waals surface area contributed by atoms with Crippen molar-refractivity contribution in [3.8, 4) is 28.3 Å². The molecule has 1 heterocycles. The Morgan fingerprint density at radius 1 is 0.966 bits per heavy atom. The van der Waals surface area contributed by atoms with Crippen molar-refractivity contribution in [3.63, 3.8) is 0 Å². The quantitative estimate of drug-likeness (QED) is 0.296. The first-order valence-corrected chi connectivity index (χ1v) is 10.1. The van der Waals surface area contributed by atoms with Gasteiger partial charge in [-0.15, -0.1) is 0 Å². The van der Waals surface area contributed by atoms with E-state index in [1.165, 1.54) is 12.5 Å². The van der Waals surface area contributed by atoms with E-state index in [0.29, 0.717) is 28.3 Å². The lowest BCUT2D eigenvalue weighted by molar-refractivity contribution is 0.306. The van der Waals surface area contributed by atoms with Crippen LogP contribution in [0.2, 0.25) is 5.02 Å². The maximum Gasteiger partial charge on any atom is 0.230 e. The van der Waals surface area contributed by atoms with Gasteiger partial charge in [-0.1, -0.05) is 49.6 Å². The number of nitrogens with zero attached hydrogens (tertiary/aromatic N) is 1. The van der Waals surface area contributed by atoms with Gasteiger partial charge in [0.1, 0.15) is 17.1 Å². The first kappa shape index (κ1) is 19.5. The topological polar surface area (TPSA) is 35.3 Å². The number of ether oxygens (including phenoxy) is 1. The molecule has 4 rings (SSSR count). The first-order valence-electron chi connectivity index (χ1n) is 9.73. The van der Waals surface area contributed by atoms with Crippen LogP contribution in [0.4, 0.5) is 4.39 Å². The van der Waals surface area contributed by atoms with E-state index in [9.17, 15) is 4.39 Å². The number of oxazole rings is 1. The van der Waals surface area contributed by atoms with Gasteiger partial charge < -0.3 is 9.15 Å². The number of hydrogen-bond acceptors (Lipinski definition) is 3. The molecule has 3 nitrogen and oxygen atoms in total. The third-order valence-electron chi connectivity index (χ3n) is 4.75. The van der Waals surface area contributed by atoms with Crippen molar-refractivity contribution < 1.29 is 13.5 Å². The first-order chi connectivity index (χ1) is 14.1. The molecule has 0 N–H and O–H groups in total. The van der Waals surface area contributed by atoms with E-state index in [1.807, 2.05) is 30.3 Å². The molecule has 148 valence electrons. The summed E-state index contributed by atoms with van der Waals surface area (Å²) >= 11 is 5.98. The fourth-order valence-corrected chi connectivity index (χ4v) is 3.34. The molecule has 4 aromatic rings. The second-order valence-corrected chi connectivity index (χ2v) is 7.34. The Kier molecular flexibility index (Phi) is 5.81. The normalized spacial score (nSPS) is 11.1. The summed E-state index contributed by atoms with van der Waals surface area (Å²) in [5.74, 6) is 0.675. The van der Waals surface area contributed by atoms with E-state index in [2.05, 4.69) is 11.9 Å². The van der Waals surface area contributed by atoms with Crippen molar-refractivity contribution in [2.75, 3.05) is 6.61 Å². The molecule has 0 aliphatic heterocycles. The lowest BCUT2D eigenvalue weighted by atomic mass is 10.0. The number of halogens is 2. The van der Waals surface area contributed by atoms with Crippen LogP contribution in [0.15, 0.2) is 65.1 Å². The molecule has 5 heteroatoms. The SMILES string of the molecule is CCCCCOc1ccc(-c2ccc(-c3nc4cc(Cl)ccc4o3)c(F)c2)cc1. The van der Waals surface area contributed by atoms with Gasteiger partial charge in [-0.3, -0.25) is 0 Å². The Labute approximate surface area is 174 Å². The van der Waals surface area contributed by atoms with Crippen LogP contribution in [0.1, 0.15) is 26.2 Å². The monoisotopic (exact) mass is 409 g/mol. The summed E-state index contributed by atoms with van der Waals surface area (Å²) in [6, 6.07) is 17.9. The minimum Gasteiger partial charge on any atom is -0.494 e. The highest BCUT2D eigenvalue weighted by Gasteiger charge is 2.14. The van der Waals surface area contributed by atoms with Crippen molar-refractivity contribution >= 4 is 22.7 Å². The molecule has 0 saturated heterocycles. The Morgan fingerprint density at radius 3 is 2.52 bits per heavy atom. The molecule has 0 fully saturated rings. The second kappa shape index (κ2) is 8.66. The van der Waals surface area contributed by atoms with Crippen LogP contribution >= 0.6 is 11.6 Å². The van der Waals surface area contributed by atoms with Gasteiger partial charge in [-0.05, 0) is 60.0 Å². The molecule has 3 aromatic carbocycles. The van der Waals surface area contributed by atoms with Crippen LogP contribution < -0.4 is 4.74 Å². The molecule has 0 aliphatic rings. The van der Waals surface area contributed by atoms with Crippen molar-refractivity contribution in [1.82, 2.24) is 4.98 Å². The Hall–Kier alpha value is -2.85. The van der Waals surface area contributed by atoms with Crippen molar-refractivity contribution in [2.24, 2.45) is 0 Å². The highest BCUT2D eigenvalue weighted by atomic mass is 35.5. The number of unbranched alkanes of at least 4 members (excludes halogenated alkanes) is 2. The molecular weight excluding hydrogens is 389 g/mol. The Bertz CT molecular complexity index is 1120. The Balaban J connectivity index is 1.53. The minimum absolute atomic E-state index is 0.238. The maximum atomic E-state index is 14.8. The lowest BCUT2D eigenvalue weighted by Crippen LogP contribution is -1.96. The second-order valence-electron chi connectivity index (χ2n) is 6.91. The summed E-state index contributed by atoms with van der Waals surface area (Å²) < 4.78 is 26.2. The van der Waals surface area contributed by atoms with Gasteiger partial charge in [0, 0.05) is 5.02 Å². The molecule has 0 radical (unpaired) electrons. The van der Waals surface area contributed by atoms with Crippen LogP contribution in [-0.4, -0.2) is 11.6 Å². The number of aromatic nitrogens is 1. The fraction of sp³-hybridized carbons (Fsp3) is 0.208. The molecular formula is C24H21ClFNO2. The van der Waals surface area contributed by atoms with Gasteiger partial charge >= 0.3 is 0 Å². The number of fused-ring (bicyclic) bond motifs is 1. The molecule has 29 heavy (non-hydrogen) atoms. The number of hydrogen-bond donors (Lipinski definition) is 0. The average Bonchev–Trinajstić information content (AvgIpc) is 3.14. The molecule has 1 aromatic heterocycles. The third-order valence-corrected chi connectivity index (χ3v) is 4.99. The van der Waals surface area contributed by atoms with Crippen LogP contribution in [-0.2, 0) is 0 Å². The predicted octanol–water partition coefficient (Wildman–Crippen LogP) is 7.52. The third kappa shape index (κ3) is 4.43. The van der Waals surface area contributed by atoms with Crippen LogP contribution in [0, 0.1) is 5.82 Å². The Morgan fingerprint density at radius 2 is 1.76 bits per heavy atom. The summed E-state index contributed by atoms with van der Waals surface area (Å²) in [6.07, 6.45) is 3.38. The summed E-state index contributed by atoms with van der Waals surface area (Å²) in [5, 5.41) is 0.561. The number of rotatable bonds is 7. The van der Waals surface area contributed by atoms with Gasteiger partial charge in [-0.25, -0.2) is 9.37 Å². The van der Waals surface area contributed by atoms with E-state index in [-0.39, 0.29) is 11.7 Å². The molecule has 0 unspecified atom stereocenters. The van der Waals surface area contributed by atoms with Crippen molar-refractivity contribution in [3.05, 3.63) is 71.5 Å². The summed E-state index contributed by atoms with van der Waals surface area (Å²) in [7, 11) is 0. The molecule has 0 atom stereocenters. The molecule has 0 aliphatic carbocycles. The standard InChI is InChI=1S/C24H21ClFNO2/c1-2-3-4-13-28-19-9-5-16(6-10-19)17-7-11-20(21(26)14-17)24-27-22-15-18(25)8-12-23(22)29-24/h5-12,14-15H,2-4,13H2,1H3. The highest BCUT2D eigenvalue weighted by Crippen LogP contribution is 2.31. The van der Waals surface area contributed by atoms with E-state index < -0.39 is 0 Å². The predicted molar refractivity (Wildman–Crippen MR) is 115 cm³/mol. The number of benzene rings is 3. The van der Waals surface area contributed by atoms with Gasteiger partial charge in [0.25, 0.3) is 0 Å². The van der Waals surface area contributed by atoms with E-state index in [0.717, 1.165) is 29.7 Å². The van der Waals surface area contributed by atoms with Crippen LogP contribution in [0.3, 0.4) is 0 Å². The molecule has 0 bridgehead atoms. The molecule has 0 saturated carbocycles.